The fraction of sp³-hybridized carbons (Fsp3) is 0.688. The summed E-state index contributed by atoms with van der Waals surface area (Å²) >= 11 is 0. The van der Waals surface area contributed by atoms with Crippen LogP contribution < -0.4 is 5.32 Å². The number of rotatable bonds is 4. The van der Waals surface area contributed by atoms with Gasteiger partial charge in [-0.05, 0) is 49.9 Å². The lowest BCUT2D eigenvalue weighted by atomic mass is 9.78. The Labute approximate surface area is 128 Å². The summed E-state index contributed by atoms with van der Waals surface area (Å²) in [6, 6.07) is 1.78. The summed E-state index contributed by atoms with van der Waals surface area (Å²) in [5.74, 6) is -0.815. The van der Waals surface area contributed by atoms with Crippen molar-refractivity contribution in [1.82, 2.24) is 10.5 Å². The van der Waals surface area contributed by atoms with Gasteiger partial charge >= 0.3 is 5.97 Å². The van der Waals surface area contributed by atoms with Gasteiger partial charge in [0.25, 0.3) is 0 Å². The van der Waals surface area contributed by atoms with Crippen molar-refractivity contribution in [3.63, 3.8) is 0 Å². The molecule has 3 aliphatic rings. The second kappa shape index (κ2) is 4.57. The maximum atomic E-state index is 12.6. The van der Waals surface area contributed by atoms with Gasteiger partial charge in [0, 0.05) is 6.07 Å². The summed E-state index contributed by atoms with van der Waals surface area (Å²) in [6.45, 7) is 2.09. The average Bonchev–Trinajstić information content (AvgIpc) is 2.96. The van der Waals surface area contributed by atoms with E-state index in [-0.39, 0.29) is 35.6 Å². The number of nitrogens with zero attached hydrogens (tertiary/aromatic N) is 1. The minimum atomic E-state index is -0.811. The average molecular weight is 304 g/mol. The van der Waals surface area contributed by atoms with Crippen LogP contribution in [0.25, 0.3) is 0 Å². The fourth-order valence-electron chi connectivity index (χ4n) is 5.13. The highest BCUT2D eigenvalue weighted by Gasteiger charge is 2.71. The molecule has 6 heteroatoms. The van der Waals surface area contributed by atoms with E-state index in [0.29, 0.717) is 5.76 Å². The highest BCUT2D eigenvalue weighted by atomic mass is 16.5. The van der Waals surface area contributed by atoms with E-state index >= 15 is 0 Å². The standard InChI is InChI=1S/C16H20N2O4/c1-8-6-9(22-18-8)7-17-14(19)12-10-2-3-11(13(12)15(20)21)16(10)4-5-16/h6,10-13H,2-5,7H2,1H3,(H,17,19)(H,20,21)/t10-,11+,12?,13+/m0/s1. The number of hydrogen-bond acceptors (Lipinski definition) is 4. The monoisotopic (exact) mass is 304 g/mol. The zero-order valence-corrected chi connectivity index (χ0v) is 12.5. The largest absolute Gasteiger partial charge is 0.481 e. The van der Waals surface area contributed by atoms with Crippen LogP contribution >= 0.6 is 0 Å². The molecule has 2 bridgehead atoms. The molecule has 1 spiro atoms. The first-order valence-electron chi connectivity index (χ1n) is 7.95. The van der Waals surface area contributed by atoms with Crippen molar-refractivity contribution in [3.05, 3.63) is 17.5 Å². The Kier molecular flexibility index (Phi) is 2.86. The molecule has 2 N–H and O–H groups in total. The third kappa shape index (κ3) is 1.82. The first-order valence-corrected chi connectivity index (χ1v) is 7.95. The maximum absolute atomic E-state index is 12.6. The molecule has 1 aromatic rings. The van der Waals surface area contributed by atoms with Crippen molar-refractivity contribution in [3.8, 4) is 0 Å². The summed E-state index contributed by atoms with van der Waals surface area (Å²) in [7, 11) is 0. The number of carbonyl (C=O) groups is 2. The van der Waals surface area contributed by atoms with E-state index in [4.69, 9.17) is 4.52 Å². The number of carboxylic acids is 1. The van der Waals surface area contributed by atoms with E-state index in [1.54, 1.807) is 6.07 Å². The Morgan fingerprint density at radius 2 is 2.05 bits per heavy atom. The molecule has 1 aromatic heterocycles. The molecule has 118 valence electrons. The molecule has 1 unspecified atom stereocenters. The predicted octanol–water partition coefficient (Wildman–Crippen LogP) is 1.74. The molecular formula is C16H20N2O4. The minimum Gasteiger partial charge on any atom is -0.481 e. The molecule has 0 aromatic carbocycles. The second-order valence-corrected chi connectivity index (χ2v) is 7.07. The van der Waals surface area contributed by atoms with Gasteiger partial charge in [-0.25, -0.2) is 0 Å². The number of nitrogens with one attached hydrogen (secondary N) is 1. The Balaban J connectivity index is 1.50. The number of aromatic nitrogens is 1. The third-order valence-corrected chi connectivity index (χ3v) is 6.05. The van der Waals surface area contributed by atoms with Crippen molar-refractivity contribution < 1.29 is 19.2 Å². The zero-order valence-electron chi connectivity index (χ0n) is 12.5. The fourth-order valence-corrected chi connectivity index (χ4v) is 5.13. The number of hydrogen-bond donors (Lipinski definition) is 2. The molecule has 0 aliphatic heterocycles. The highest BCUT2D eigenvalue weighted by molar-refractivity contribution is 5.86. The van der Waals surface area contributed by atoms with Gasteiger partial charge in [-0.3, -0.25) is 9.59 Å². The van der Waals surface area contributed by atoms with Crippen molar-refractivity contribution in [2.45, 2.75) is 39.2 Å². The summed E-state index contributed by atoms with van der Waals surface area (Å²) in [6.07, 6.45) is 4.15. The van der Waals surface area contributed by atoms with Crippen LogP contribution in [0.1, 0.15) is 37.1 Å². The van der Waals surface area contributed by atoms with Gasteiger partial charge in [0.1, 0.15) is 0 Å². The predicted molar refractivity (Wildman–Crippen MR) is 75.6 cm³/mol. The van der Waals surface area contributed by atoms with Gasteiger partial charge in [-0.2, -0.15) is 0 Å². The first-order chi connectivity index (χ1) is 10.5. The van der Waals surface area contributed by atoms with E-state index in [9.17, 15) is 14.7 Å². The molecule has 22 heavy (non-hydrogen) atoms. The van der Waals surface area contributed by atoms with Gasteiger partial charge in [-0.15, -0.1) is 0 Å². The van der Waals surface area contributed by atoms with Gasteiger partial charge in [0.05, 0.1) is 24.1 Å². The number of aliphatic carboxylic acids is 1. The van der Waals surface area contributed by atoms with Crippen LogP contribution in [0.4, 0.5) is 0 Å². The Morgan fingerprint density at radius 3 is 2.59 bits per heavy atom. The van der Waals surface area contributed by atoms with Gasteiger partial charge in [0.2, 0.25) is 5.91 Å². The summed E-state index contributed by atoms with van der Waals surface area (Å²) in [5.41, 5.74) is 0.929. The lowest BCUT2D eigenvalue weighted by molar-refractivity contribution is -0.149. The summed E-state index contributed by atoms with van der Waals surface area (Å²) in [5, 5.41) is 16.2. The van der Waals surface area contributed by atoms with Crippen LogP contribution in [-0.2, 0) is 16.1 Å². The van der Waals surface area contributed by atoms with Gasteiger partial charge in [0.15, 0.2) is 5.76 Å². The molecule has 1 heterocycles. The molecule has 0 radical (unpaired) electrons. The van der Waals surface area contributed by atoms with Crippen molar-refractivity contribution in [2.75, 3.05) is 0 Å². The van der Waals surface area contributed by atoms with Gasteiger partial charge < -0.3 is 14.9 Å². The Morgan fingerprint density at radius 1 is 1.36 bits per heavy atom. The van der Waals surface area contributed by atoms with Crippen LogP contribution in [0.3, 0.4) is 0 Å². The lowest BCUT2D eigenvalue weighted by Gasteiger charge is -2.26. The Hall–Kier alpha value is -1.85. The summed E-state index contributed by atoms with van der Waals surface area (Å²) in [4.78, 5) is 24.3. The molecule has 4 atom stereocenters. The van der Waals surface area contributed by atoms with E-state index in [1.165, 1.54) is 0 Å². The molecule has 6 nitrogen and oxygen atoms in total. The number of carbonyl (C=O) groups excluding carboxylic acids is 1. The highest BCUT2D eigenvalue weighted by Crippen LogP contribution is 2.74. The number of aryl methyl sites for hydroxylation is 1. The quantitative estimate of drug-likeness (QED) is 0.884. The van der Waals surface area contributed by atoms with Crippen LogP contribution in [0.2, 0.25) is 0 Å². The van der Waals surface area contributed by atoms with Crippen LogP contribution in [0.5, 0.6) is 0 Å². The van der Waals surface area contributed by atoms with Crippen LogP contribution in [0.15, 0.2) is 10.6 Å². The SMILES string of the molecule is Cc1cc(CNC(=O)C2[C@H](C(=O)O)[C@H]3CC[C@@H]2C32CC2)on1. The molecule has 3 aliphatic carbocycles. The van der Waals surface area contributed by atoms with Crippen LogP contribution in [0, 0.1) is 36.0 Å². The van der Waals surface area contributed by atoms with E-state index in [1.807, 2.05) is 6.92 Å². The molecule has 0 saturated heterocycles. The number of carboxylic acid groups (broad SMARTS) is 1. The van der Waals surface area contributed by atoms with Crippen molar-refractivity contribution >= 4 is 11.9 Å². The van der Waals surface area contributed by atoms with E-state index < -0.39 is 11.9 Å². The molecule has 3 saturated carbocycles. The maximum Gasteiger partial charge on any atom is 0.307 e. The topological polar surface area (TPSA) is 92.4 Å². The van der Waals surface area contributed by atoms with Gasteiger partial charge in [-0.1, -0.05) is 5.16 Å². The first kappa shape index (κ1) is 13.8. The number of amides is 1. The minimum absolute atomic E-state index is 0.139. The normalized spacial score (nSPS) is 34.0. The third-order valence-electron chi connectivity index (χ3n) is 6.05. The van der Waals surface area contributed by atoms with Crippen molar-refractivity contribution in [2.24, 2.45) is 29.1 Å². The molecular weight excluding hydrogens is 284 g/mol. The van der Waals surface area contributed by atoms with E-state index in [0.717, 1.165) is 31.4 Å². The lowest BCUT2D eigenvalue weighted by Crippen LogP contribution is -2.41. The smallest absolute Gasteiger partial charge is 0.307 e. The summed E-state index contributed by atoms with van der Waals surface area (Å²) < 4.78 is 5.09. The van der Waals surface area contributed by atoms with E-state index in [2.05, 4.69) is 10.5 Å². The van der Waals surface area contributed by atoms with Crippen molar-refractivity contribution in [1.29, 1.82) is 0 Å². The molecule has 3 fully saturated rings. The second-order valence-electron chi connectivity index (χ2n) is 7.07. The molecule has 4 rings (SSSR count). The zero-order chi connectivity index (χ0) is 15.5. The Bertz CT molecular complexity index is 634. The molecule has 1 amide bonds. The van der Waals surface area contributed by atoms with Crippen LogP contribution in [-0.4, -0.2) is 22.1 Å².